The number of rotatable bonds is 3. The van der Waals surface area contributed by atoms with Crippen molar-refractivity contribution < 1.29 is 9.84 Å². The monoisotopic (exact) mass is 259 g/mol. The van der Waals surface area contributed by atoms with E-state index in [1.54, 1.807) is 7.11 Å². The Labute approximate surface area is 92.0 Å². The number of methoxy groups -OCH3 is 1. The number of hydrogen-bond donors (Lipinski definition) is 2. The van der Waals surface area contributed by atoms with Crippen LogP contribution < -0.4 is 10.5 Å². The summed E-state index contributed by atoms with van der Waals surface area (Å²) in [7, 11) is 1.62. The number of halogens is 1. The third-order valence-electron chi connectivity index (χ3n) is 2.21. The van der Waals surface area contributed by atoms with Gasteiger partial charge in [0.1, 0.15) is 5.75 Å². The summed E-state index contributed by atoms with van der Waals surface area (Å²) in [6, 6.07) is 3.37. The standard InChI is InChI=1S/C10H14BrNO2/c1-6-7(8(12)5-13)3-4-9(14-2)10(6)11/h3-4,8,13H,5,12H2,1-2H3. The van der Waals surface area contributed by atoms with Crippen molar-refractivity contribution in [2.75, 3.05) is 13.7 Å². The molecule has 0 aromatic heterocycles. The molecule has 1 aromatic rings. The van der Waals surface area contributed by atoms with Crippen molar-refractivity contribution >= 4 is 15.9 Å². The molecule has 1 aromatic carbocycles. The zero-order chi connectivity index (χ0) is 10.7. The second-order valence-corrected chi connectivity index (χ2v) is 3.88. The van der Waals surface area contributed by atoms with E-state index in [9.17, 15) is 0 Å². The van der Waals surface area contributed by atoms with Crippen molar-refractivity contribution in [3.05, 3.63) is 27.7 Å². The molecule has 78 valence electrons. The molecule has 1 atom stereocenters. The highest BCUT2D eigenvalue weighted by molar-refractivity contribution is 9.10. The van der Waals surface area contributed by atoms with Crippen LogP contribution in [0.4, 0.5) is 0 Å². The molecule has 3 nitrogen and oxygen atoms in total. The Kier molecular flexibility index (Phi) is 3.92. The van der Waals surface area contributed by atoms with Crippen molar-refractivity contribution in [2.24, 2.45) is 5.73 Å². The maximum absolute atomic E-state index is 8.96. The van der Waals surface area contributed by atoms with Gasteiger partial charge in [0, 0.05) is 0 Å². The Morgan fingerprint density at radius 3 is 2.71 bits per heavy atom. The molecule has 0 spiro atoms. The molecule has 0 saturated carbocycles. The predicted octanol–water partition coefficient (Wildman–Crippen LogP) is 1.76. The van der Waals surface area contributed by atoms with Gasteiger partial charge >= 0.3 is 0 Å². The van der Waals surface area contributed by atoms with E-state index < -0.39 is 0 Å². The molecule has 0 heterocycles. The molecular formula is C10H14BrNO2. The van der Waals surface area contributed by atoms with Crippen LogP contribution in [0.15, 0.2) is 16.6 Å². The maximum atomic E-state index is 8.96. The van der Waals surface area contributed by atoms with Gasteiger partial charge in [-0.2, -0.15) is 0 Å². The van der Waals surface area contributed by atoms with Crippen LogP contribution in [0.3, 0.4) is 0 Å². The molecular weight excluding hydrogens is 246 g/mol. The van der Waals surface area contributed by atoms with Crippen LogP contribution in [0.2, 0.25) is 0 Å². The van der Waals surface area contributed by atoms with Crippen LogP contribution in [-0.2, 0) is 0 Å². The van der Waals surface area contributed by atoms with E-state index in [0.29, 0.717) is 0 Å². The summed E-state index contributed by atoms with van der Waals surface area (Å²) >= 11 is 3.43. The van der Waals surface area contributed by atoms with Gasteiger partial charge in [-0.05, 0) is 40.0 Å². The second-order valence-electron chi connectivity index (χ2n) is 3.09. The summed E-state index contributed by atoms with van der Waals surface area (Å²) in [5.74, 6) is 0.774. The van der Waals surface area contributed by atoms with Gasteiger partial charge in [0.25, 0.3) is 0 Å². The minimum absolute atomic E-state index is 0.0559. The maximum Gasteiger partial charge on any atom is 0.133 e. The summed E-state index contributed by atoms with van der Waals surface area (Å²) in [5.41, 5.74) is 7.68. The summed E-state index contributed by atoms with van der Waals surface area (Å²) in [6.07, 6.45) is 0. The number of benzene rings is 1. The summed E-state index contributed by atoms with van der Waals surface area (Å²) in [4.78, 5) is 0. The lowest BCUT2D eigenvalue weighted by Gasteiger charge is -2.15. The third kappa shape index (κ3) is 2.08. The number of ether oxygens (including phenoxy) is 1. The van der Waals surface area contributed by atoms with Gasteiger partial charge in [-0.15, -0.1) is 0 Å². The highest BCUT2D eigenvalue weighted by Crippen LogP contribution is 2.32. The number of aliphatic hydroxyl groups is 1. The van der Waals surface area contributed by atoms with E-state index in [2.05, 4.69) is 15.9 Å². The van der Waals surface area contributed by atoms with E-state index in [1.807, 2.05) is 19.1 Å². The first-order valence-electron chi connectivity index (χ1n) is 4.31. The first-order chi connectivity index (χ1) is 6.61. The Morgan fingerprint density at radius 2 is 2.21 bits per heavy atom. The quantitative estimate of drug-likeness (QED) is 0.870. The van der Waals surface area contributed by atoms with Gasteiger partial charge in [-0.1, -0.05) is 6.07 Å². The number of aliphatic hydroxyl groups excluding tert-OH is 1. The van der Waals surface area contributed by atoms with Gasteiger partial charge in [0.2, 0.25) is 0 Å². The van der Waals surface area contributed by atoms with E-state index in [-0.39, 0.29) is 12.6 Å². The second kappa shape index (κ2) is 4.77. The summed E-state index contributed by atoms with van der Waals surface area (Å²) in [6.45, 7) is 1.89. The molecule has 0 fully saturated rings. The summed E-state index contributed by atoms with van der Waals surface area (Å²) < 4.78 is 6.03. The van der Waals surface area contributed by atoms with E-state index in [1.165, 1.54) is 0 Å². The van der Waals surface area contributed by atoms with Crippen molar-refractivity contribution in [2.45, 2.75) is 13.0 Å². The van der Waals surface area contributed by atoms with Gasteiger partial charge in [-0.3, -0.25) is 0 Å². The van der Waals surface area contributed by atoms with E-state index in [4.69, 9.17) is 15.6 Å². The largest absolute Gasteiger partial charge is 0.496 e. The predicted molar refractivity (Wildman–Crippen MR) is 59.4 cm³/mol. The Morgan fingerprint density at radius 1 is 1.57 bits per heavy atom. The van der Waals surface area contributed by atoms with Crippen molar-refractivity contribution in [3.63, 3.8) is 0 Å². The minimum Gasteiger partial charge on any atom is -0.496 e. The van der Waals surface area contributed by atoms with Gasteiger partial charge in [0.15, 0.2) is 0 Å². The van der Waals surface area contributed by atoms with Crippen molar-refractivity contribution in [3.8, 4) is 5.75 Å². The zero-order valence-corrected chi connectivity index (χ0v) is 9.84. The molecule has 1 unspecified atom stereocenters. The lowest BCUT2D eigenvalue weighted by molar-refractivity contribution is 0.267. The molecule has 0 amide bonds. The normalized spacial score (nSPS) is 12.6. The topological polar surface area (TPSA) is 55.5 Å². The van der Waals surface area contributed by atoms with Crippen LogP contribution in [0, 0.1) is 6.92 Å². The van der Waals surface area contributed by atoms with Crippen LogP contribution in [-0.4, -0.2) is 18.8 Å². The third-order valence-corrected chi connectivity index (χ3v) is 3.19. The molecule has 4 heteroatoms. The van der Waals surface area contributed by atoms with Crippen LogP contribution in [0.25, 0.3) is 0 Å². The molecule has 3 N–H and O–H groups in total. The molecule has 0 bridgehead atoms. The van der Waals surface area contributed by atoms with E-state index >= 15 is 0 Å². The van der Waals surface area contributed by atoms with Crippen LogP contribution >= 0.6 is 15.9 Å². The van der Waals surface area contributed by atoms with Crippen molar-refractivity contribution in [1.82, 2.24) is 0 Å². The molecule has 1 rings (SSSR count). The van der Waals surface area contributed by atoms with Crippen LogP contribution in [0.5, 0.6) is 5.75 Å². The fourth-order valence-corrected chi connectivity index (χ4v) is 1.86. The first-order valence-corrected chi connectivity index (χ1v) is 5.10. The Balaban J connectivity index is 3.17. The molecule has 0 aliphatic rings. The fourth-order valence-electron chi connectivity index (χ4n) is 1.33. The van der Waals surface area contributed by atoms with Crippen LogP contribution in [0.1, 0.15) is 17.2 Å². The zero-order valence-electron chi connectivity index (χ0n) is 8.25. The number of hydrogen-bond acceptors (Lipinski definition) is 3. The molecule has 0 aliphatic carbocycles. The first kappa shape index (κ1) is 11.5. The van der Waals surface area contributed by atoms with Crippen molar-refractivity contribution in [1.29, 1.82) is 0 Å². The van der Waals surface area contributed by atoms with Gasteiger partial charge < -0.3 is 15.6 Å². The van der Waals surface area contributed by atoms with E-state index in [0.717, 1.165) is 21.3 Å². The van der Waals surface area contributed by atoms with Gasteiger partial charge in [0.05, 0.1) is 24.2 Å². The molecule has 0 radical (unpaired) electrons. The smallest absolute Gasteiger partial charge is 0.133 e. The Bertz CT molecular complexity index is 328. The lowest BCUT2D eigenvalue weighted by Crippen LogP contribution is -2.16. The molecule has 14 heavy (non-hydrogen) atoms. The highest BCUT2D eigenvalue weighted by atomic mass is 79.9. The minimum atomic E-state index is -0.336. The highest BCUT2D eigenvalue weighted by Gasteiger charge is 2.12. The SMILES string of the molecule is COc1ccc(C(N)CO)c(C)c1Br. The average Bonchev–Trinajstić information content (AvgIpc) is 2.21. The average molecular weight is 260 g/mol. The summed E-state index contributed by atoms with van der Waals surface area (Å²) in [5, 5.41) is 8.96. The lowest BCUT2D eigenvalue weighted by atomic mass is 10.0. The molecule has 0 aliphatic heterocycles. The number of nitrogens with two attached hydrogens (primary N) is 1. The Hall–Kier alpha value is -0.580. The van der Waals surface area contributed by atoms with Gasteiger partial charge in [-0.25, -0.2) is 0 Å². The molecule has 0 saturated heterocycles. The fraction of sp³-hybridized carbons (Fsp3) is 0.400.